The van der Waals surface area contributed by atoms with Gasteiger partial charge in [-0.1, -0.05) is 11.3 Å². The number of aromatic nitrogens is 2. The number of carbonyl (C=O) groups is 2. The molecule has 70 valence electrons. The van der Waals surface area contributed by atoms with Crippen molar-refractivity contribution in [3.63, 3.8) is 0 Å². The molecule has 0 saturated carbocycles. The first-order chi connectivity index (χ1) is 6.19. The van der Waals surface area contributed by atoms with Crippen LogP contribution in [0.3, 0.4) is 0 Å². The molecule has 0 aliphatic rings. The molecule has 0 fully saturated rings. The normalized spacial score (nSPS) is 9.38. The third-order valence-corrected chi connectivity index (χ3v) is 2.03. The Hall–Kier alpha value is -1.50. The van der Waals surface area contributed by atoms with E-state index in [1.807, 2.05) is 0 Å². The summed E-state index contributed by atoms with van der Waals surface area (Å²) in [6.07, 6.45) is 0. The highest BCUT2D eigenvalue weighted by Gasteiger charge is 2.17. The number of ether oxygens (including phenoxy) is 2. The van der Waals surface area contributed by atoms with E-state index in [-0.39, 0.29) is 10.0 Å². The van der Waals surface area contributed by atoms with Crippen molar-refractivity contribution in [1.82, 2.24) is 10.2 Å². The smallest absolute Gasteiger partial charge is 0.369 e. The molecule has 0 N–H and O–H groups in total. The number of carbonyl (C=O) groups excluding carboxylic acids is 2. The lowest BCUT2D eigenvalue weighted by atomic mass is 10.7. The molecule has 1 aromatic rings. The van der Waals surface area contributed by atoms with Gasteiger partial charge in [0.05, 0.1) is 14.2 Å². The molecule has 6 nitrogen and oxygen atoms in total. The molecule has 0 aliphatic heterocycles. The van der Waals surface area contributed by atoms with Gasteiger partial charge in [-0.25, -0.2) is 9.59 Å². The summed E-state index contributed by atoms with van der Waals surface area (Å²) < 4.78 is 8.76. The third-order valence-electron chi connectivity index (χ3n) is 1.15. The molecular weight excluding hydrogens is 196 g/mol. The second-order valence-corrected chi connectivity index (χ2v) is 2.87. The van der Waals surface area contributed by atoms with E-state index < -0.39 is 11.9 Å². The molecule has 0 aromatic carbocycles. The fourth-order valence-corrected chi connectivity index (χ4v) is 1.24. The van der Waals surface area contributed by atoms with Gasteiger partial charge in [0.25, 0.3) is 0 Å². The van der Waals surface area contributed by atoms with Crippen molar-refractivity contribution in [2.24, 2.45) is 0 Å². The van der Waals surface area contributed by atoms with Crippen LogP contribution < -0.4 is 0 Å². The summed E-state index contributed by atoms with van der Waals surface area (Å²) in [6.45, 7) is 0. The molecule has 0 atom stereocenters. The Morgan fingerprint density at radius 3 is 1.77 bits per heavy atom. The Morgan fingerprint density at radius 2 is 1.46 bits per heavy atom. The van der Waals surface area contributed by atoms with E-state index in [2.05, 4.69) is 19.7 Å². The zero-order valence-corrected chi connectivity index (χ0v) is 7.75. The Kier molecular flexibility index (Phi) is 2.91. The molecular formula is C6H6N2O4S. The summed E-state index contributed by atoms with van der Waals surface area (Å²) in [6, 6.07) is 0. The van der Waals surface area contributed by atoms with Crippen molar-refractivity contribution in [3.05, 3.63) is 10.0 Å². The molecule has 0 aliphatic carbocycles. The largest absolute Gasteiger partial charge is 0.464 e. The van der Waals surface area contributed by atoms with Gasteiger partial charge in [0.2, 0.25) is 10.0 Å². The first kappa shape index (κ1) is 9.59. The zero-order chi connectivity index (χ0) is 9.84. The van der Waals surface area contributed by atoms with Crippen LogP contribution in [0.25, 0.3) is 0 Å². The summed E-state index contributed by atoms with van der Waals surface area (Å²) >= 11 is 0.827. The van der Waals surface area contributed by atoms with Crippen LogP contribution in [0.15, 0.2) is 0 Å². The van der Waals surface area contributed by atoms with E-state index in [0.717, 1.165) is 11.3 Å². The number of nitrogens with zero attached hydrogens (tertiary/aromatic N) is 2. The monoisotopic (exact) mass is 202 g/mol. The van der Waals surface area contributed by atoms with E-state index in [0.29, 0.717) is 0 Å². The molecule has 0 amide bonds. The lowest BCUT2D eigenvalue weighted by molar-refractivity contribution is 0.0588. The SMILES string of the molecule is COC(=O)c1nnc(C(=O)OC)s1. The molecule has 0 radical (unpaired) electrons. The highest BCUT2D eigenvalue weighted by molar-refractivity contribution is 7.15. The van der Waals surface area contributed by atoms with E-state index in [1.165, 1.54) is 14.2 Å². The maximum atomic E-state index is 10.9. The Labute approximate surface area is 77.5 Å². The number of esters is 2. The molecule has 0 bridgehead atoms. The Morgan fingerprint density at radius 1 is 1.08 bits per heavy atom. The van der Waals surface area contributed by atoms with Crippen molar-refractivity contribution in [1.29, 1.82) is 0 Å². The molecule has 1 aromatic heterocycles. The van der Waals surface area contributed by atoms with Gasteiger partial charge in [0.1, 0.15) is 0 Å². The van der Waals surface area contributed by atoms with Crippen LogP contribution in [0.2, 0.25) is 0 Å². The Bertz CT molecular complexity index is 305. The Balaban J connectivity index is 2.86. The van der Waals surface area contributed by atoms with Gasteiger partial charge in [-0.2, -0.15) is 0 Å². The zero-order valence-electron chi connectivity index (χ0n) is 6.94. The van der Waals surface area contributed by atoms with Gasteiger partial charge in [0.15, 0.2) is 0 Å². The number of hydrogen-bond donors (Lipinski definition) is 0. The predicted molar refractivity (Wildman–Crippen MR) is 42.6 cm³/mol. The summed E-state index contributed by atoms with van der Waals surface area (Å²) in [5.41, 5.74) is 0. The second kappa shape index (κ2) is 3.94. The highest BCUT2D eigenvalue weighted by atomic mass is 32.1. The van der Waals surface area contributed by atoms with Crippen molar-refractivity contribution in [2.75, 3.05) is 14.2 Å². The number of hydrogen-bond acceptors (Lipinski definition) is 7. The van der Waals surface area contributed by atoms with E-state index in [9.17, 15) is 9.59 Å². The fourth-order valence-electron chi connectivity index (χ4n) is 0.563. The van der Waals surface area contributed by atoms with Crippen molar-refractivity contribution in [2.45, 2.75) is 0 Å². The summed E-state index contributed by atoms with van der Waals surface area (Å²) in [5, 5.41) is 6.96. The van der Waals surface area contributed by atoms with Crippen molar-refractivity contribution >= 4 is 23.3 Å². The number of rotatable bonds is 2. The van der Waals surface area contributed by atoms with Crippen LogP contribution in [-0.2, 0) is 9.47 Å². The second-order valence-electron chi connectivity index (χ2n) is 1.90. The van der Waals surface area contributed by atoms with Gasteiger partial charge in [-0.05, 0) is 0 Å². The standard InChI is InChI=1S/C6H6N2O4S/c1-11-5(9)3-7-8-4(13-3)6(10)12-2/h1-2H3. The number of methoxy groups -OCH3 is 2. The minimum Gasteiger partial charge on any atom is -0.464 e. The van der Waals surface area contributed by atoms with Crippen LogP contribution >= 0.6 is 11.3 Å². The van der Waals surface area contributed by atoms with Crippen LogP contribution in [0.4, 0.5) is 0 Å². The average Bonchev–Trinajstić information content (AvgIpc) is 2.64. The summed E-state index contributed by atoms with van der Waals surface area (Å²) in [5.74, 6) is -1.24. The third kappa shape index (κ3) is 2.00. The van der Waals surface area contributed by atoms with Crippen LogP contribution in [0, 0.1) is 0 Å². The molecule has 1 rings (SSSR count). The molecule has 0 unspecified atom stereocenters. The van der Waals surface area contributed by atoms with Gasteiger partial charge in [-0.3, -0.25) is 0 Å². The molecule has 0 saturated heterocycles. The van der Waals surface area contributed by atoms with Crippen LogP contribution in [0.1, 0.15) is 19.6 Å². The minimum absolute atomic E-state index is 0.0305. The summed E-state index contributed by atoms with van der Waals surface area (Å²) in [7, 11) is 2.45. The average molecular weight is 202 g/mol. The van der Waals surface area contributed by atoms with Crippen molar-refractivity contribution in [3.8, 4) is 0 Å². The molecule has 1 heterocycles. The highest BCUT2D eigenvalue weighted by Crippen LogP contribution is 2.11. The first-order valence-corrected chi connectivity index (χ1v) is 4.00. The van der Waals surface area contributed by atoms with Crippen LogP contribution in [0.5, 0.6) is 0 Å². The lowest BCUT2D eigenvalue weighted by Crippen LogP contribution is -1.99. The first-order valence-electron chi connectivity index (χ1n) is 3.19. The molecule has 7 heteroatoms. The maximum absolute atomic E-state index is 10.9. The van der Waals surface area contributed by atoms with Gasteiger partial charge in [-0.15, -0.1) is 10.2 Å². The van der Waals surface area contributed by atoms with Crippen LogP contribution in [-0.4, -0.2) is 36.4 Å². The quantitative estimate of drug-likeness (QED) is 0.633. The van der Waals surface area contributed by atoms with E-state index in [1.54, 1.807) is 0 Å². The predicted octanol–water partition coefficient (Wildman–Crippen LogP) is 0.111. The summed E-state index contributed by atoms with van der Waals surface area (Å²) in [4.78, 5) is 21.7. The van der Waals surface area contributed by atoms with Gasteiger partial charge in [0, 0.05) is 0 Å². The maximum Gasteiger partial charge on any atom is 0.369 e. The van der Waals surface area contributed by atoms with E-state index in [4.69, 9.17) is 0 Å². The minimum atomic E-state index is -0.618. The van der Waals surface area contributed by atoms with Gasteiger partial charge >= 0.3 is 11.9 Å². The van der Waals surface area contributed by atoms with Crippen molar-refractivity contribution < 1.29 is 19.1 Å². The topological polar surface area (TPSA) is 78.4 Å². The molecule has 13 heavy (non-hydrogen) atoms. The van der Waals surface area contributed by atoms with Gasteiger partial charge < -0.3 is 9.47 Å². The van der Waals surface area contributed by atoms with E-state index >= 15 is 0 Å². The molecule has 0 spiro atoms. The fraction of sp³-hybridized carbons (Fsp3) is 0.333. The lowest BCUT2D eigenvalue weighted by Gasteiger charge is -1.90.